The van der Waals surface area contributed by atoms with Crippen molar-refractivity contribution in [2.24, 2.45) is 0 Å². The van der Waals surface area contributed by atoms with Crippen molar-refractivity contribution in [1.82, 2.24) is 20.4 Å². The summed E-state index contributed by atoms with van der Waals surface area (Å²) < 4.78 is 0.772. The predicted molar refractivity (Wildman–Crippen MR) is 78.5 cm³/mol. The van der Waals surface area contributed by atoms with Gasteiger partial charge in [-0.15, -0.1) is 12.4 Å². The van der Waals surface area contributed by atoms with Crippen LogP contribution < -0.4 is 5.32 Å². The Balaban J connectivity index is 0.00000289. The lowest BCUT2D eigenvalue weighted by Gasteiger charge is -2.15. The van der Waals surface area contributed by atoms with E-state index in [2.05, 4.69) is 45.3 Å². The summed E-state index contributed by atoms with van der Waals surface area (Å²) in [7, 11) is 3.63. The smallest absolute Gasteiger partial charge is 0.275 e. The number of rotatable bonds is 5. The van der Waals surface area contributed by atoms with E-state index >= 15 is 0 Å². The molecule has 0 aliphatic heterocycles. The minimum absolute atomic E-state index is 0. The van der Waals surface area contributed by atoms with Crippen LogP contribution in [0.25, 0.3) is 0 Å². The predicted octanol–water partition coefficient (Wildman–Crippen LogP) is 2.01. The summed E-state index contributed by atoms with van der Waals surface area (Å²) in [6.45, 7) is 5.53. The molecule has 0 saturated carbocycles. The van der Waals surface area contributed by atoms with Gasteiger partial charge >= 0.3 is 0 Å². The molecular formula is C11H20BrClN4O. The number of H-pyrrole nitrogens is 1. The molecule has 0 spiro atoms. The lowest BCUT2D eigenvalue weighted by molar-refractivity contribution is 0.0790. The number of likely N-dealkylation sites (N-methyl/N-ethyl adjacent to an activating group) is 2. The molecule has 0 aliphatic carbocycles. The molecule has 0 fully saturated rings. The average Bonchev–Trinajstić information content (AvgIpc) is 2.67. The zero-order valence-electron chi connectivity index (χ0n) is 11.1. The van der Waals surface area contributed by atoms with E-state index in [9.17, 15) is 4.79 Å². The number of nitrogens with one attached hydrogen (secondary N) is 2. The molecule has 0 aromatic carbocycles. The molecule has 5 nitrogen and oxygen atoms in total. The minimum Gasteiger partial charge on any atom is -0.339 e. The van der Waals surface area contributed by atoms with E-state index in [1.54, 1.807) is 11.9 Å². The fraction of sp³-hybridized carbons (Fsp3) is 0.636. The minimum atomic E-state index is -0.0738. The molecule has 0 unspecified atom stereocenters. The summed E-state index contributed by atoms with van der Waals surface area (Å²) in [5, 5.41) is 10.00. The summed E-state index contributed by atoms with van der Waals surface area (Å²) >= 11 is 3.43. The number of hydrogen-bond donors (Lipinski definition) is 2. The fourth-order valence-electron chi connectivity index (χ4n) is 1.43. The molecule has 18 heavy (non-hydrogen) atoms. The molecule has 0 saturated heterocycles. The third-order valence-corrected chi connectivity index (χ3v) is 3.36. The summed E-state index contributed by atoms with van der Waals surface area (Å²) in [5.41, 5.74) is 1.41. The summed E-state index contributed by atoms with van der Waals surface area (Å²) in [6.07, 6.45) is 0. The first-order valence-electron chi connectivity index (χ1n) is 5.62. The number of aromatic amines is 1. The highest BCUT2D eigenvalue weighted by Crippen LogP contribution is 2.26. The first-order chi connectivity index (χ1) is 7.99. The number of carbonyl (C=O) groups excluding carboxylic acids is 1. The van der Waals surface area contributed by atoms with E-state index in [-0.39, 0.29) is 18.3 Å². The summed E-state index contributed by atoms with van der Waals surface area (Å²) in [6, 6.07) is 0. The first-order valence-corrected chi connectivity index (χ1v) is 6.42. The van der Waals surface area contributed by atoms with Gasteiger partial charge < -0.3 is 10.2 Å². The van der Waals surface area contributed by atoms with E-state index in [0.29, 0.717) is 18.2 Å². The van der Waals surface area contributed by atoms with E-state index in [1.807, 2.05) is 7.05 Å². The van der Waals surface area contributed by atoms with Crippen LogP contribution in [0.5, 0.6) is 0 Å². The second-order valence-corrected chi connectivity index (χ2v) is 5.08. The molecule has 1 rings (SSSR count). The zero-order chi connectivity index (χ0) is 13.0. The van der Waals surface area contributed by atoms with Crippen molar-refractivity contribution >= 4 is 34.2 Å². The van der Waals surface area contributed by atoms with Crippen molar-refractivity contribution < 1.29 is 4.79 Å². The van der Waals surface area contributed by atoms with Crippen LogP contribution in [-0.2, 0) is 0 Å². The fourth-order valence-corrected chi connectivity index (χ4v) is 2.23. The largest absolute Gasteiger partial charge is 0.339 e. The van der Waals surface area contributed by atoms with Crippen molar-refractivity contribution in [3.05, 3.63) is 15.9 Å². The molecule has 2 N–H and O–H groups in total. The number of hydrogen-bond acceptors (Lipinski definition) is 3. The second kappa shape index (κ2) is 7.76. The van der Waals surface area contributed by atoms with Gasteiger partial charge in [0.2, 0.25) is 0 Å². The van der Waals surface area contributed by atoms with Crippen molar-refractivity contribution in [1.29, 1.82) is 0 Å². The van der Waals surface area contributed by atoms with Gasteiger partial charge in [-0.3, -0.25) is 9.89 Å². The standard InChI is InChI=1S/C11H19BrN4O.ClH/c1-7(2)9-8(12)10(15-14-9)11(17)16(4)6-5-13-3;/h7,13H,5-6H2,1-4H3,(H,14,15);1H. The number of halogens is 2. The van der Waals surface area contributed by atoms with Crippen LogP contribution in [-0.4, -0.2) is 48.2 Å². The Hall–Kier alpha value is -0.590. The van der Waals surface area contributed by atoms with E-state index in [0.717, 1.165) is 16.7 Å². The highest BCUT2D eigenvalue weighted by molar-refractivity contribution is 9.10. The lowest BCUT2D eigenvalue weighted by atomic mass is 10.1. The van der Waals surface area contributed by atoms with Crippen LogP contribution in [0.2, 0.25) is 0 Å². The maximum absolute atomic E-state index is 12.1. The topological polar surface area (TPSA) is 61.0 Å². The SMILES string of the molecule is CNCCN(C)C(=O)c1n[nH]c(C(C)C)c1Br.Cl. The van der Waals surface area contributed by atoms with Gasteiger partial charge in [0.15, 0.2) is 5.69 Å². The Bertz CT molecular complexity index is 394. The van der Waals surface area contributed by atoms with Crippen LogP contribution in [0.1, 0.15) is 35.9 Å². The van der Waals surface area contributed by atoms with E-state index in [1.165, 1.54) is 0 Å². The normalized spacial score (nSPS) is 10.3. The maximum atomic E-state index is 12.1. The van der Waals surface area contributed by atoms with E-state index < -0.39 is 0 Å². The molecule has 1 amide bonds. The highest BCUT2D eigenvalue weighted by Gasteiger charge is 2.21. The van der Waals surface area contributed by atoms with Gasteiger partial charge in [-0.2, -0.15) is 5.10 Å². The molecule has 0 radical (unpaired) electrons. The molecule has 104 valence electrons. The van der Waals surface area contributed by atoms with Crippen LogP contribution >= 0.6 is 28.3 Å². The zero-order valence-corrected chi connectivity index (χ0v) is 13.5. The van der Waals surface area contributed by atoms with Gasteiger partial charge in [0.25, 0.3) is 5.91 Å². The van der Waals surface area contributed by atoms with Gasteiger partial charge in [0.1, 0.15) is 0 Å². The van der Waals surface area contributed by atoms with Crippen molar-refractivity contribution in [3.63, 3.8) is 0 Å². The van der Waals surface area contributed by atoms with Gasteiger partial charge in [-0.1, -0.05) is 13.8 Å². The quantitative estimate of drug-likeness (QED) is 0.862. The van der Waals surface area contributed by atoms with Crippen LogP contribution in [0.4, 0.5) is 0 Å². The number of carbonyl (C=O) groups is 1. The average molecular weight is 340 g/mol. The van der Waals surface area contributed by atoms with Crippen molar-refractivity contribution in [3.8, 4) is 0 Å². The van der Waals surface area contributed by atoms with Crippen LogP contribution in [0.15, 0.2) is 4.47 Å². The third-order valence-electron chi connectivity index (χ3n) is 2.56. The number of amides is 1. The Morgan fingerprint density at radius 1 is 1.56 bits per heavy atom. The van der Waals surface area contributed by atoms with Crippen LogP contribution in [0.3, 0.4) is 0 Å². The Morgan fingerprint density at radius 2 is 2.17 bits per heavy atom. The number of nitrogens with zero attached hydrogens (tertiary/aromatic N) is 2. The summed E-state index contributed by atoms with van der Waals surface area (Å²) in [5.74, 6) is 0.233. The van der Waals surface area contributed by atoms with Gasteiger partial charge in [0, 0.05) is 20.1 Å². The van der Waals surface area contributed by atoms with Crippen molar-refractivity contribution in [2.45, 2.75) is 19.8 Å². The molecule has 1 aromatic rings. The van der Waals surface area contributed by atoms with Gasteiger partial charge in [-0.25, -0.2) is 0 Å². The molecule has 7 heteroatoms. The van der Waals surface area contributed by atoms with Crippen LogP contribution in [0, 0.1) is 0 Å². The van der Waals surface area contributed by atoms with Crippen molar-refractivity contribution in [2.75, 3.05) is 27.2 Å². The molecule has 1 heterocycles. The van der Waals surface area contributed by atoms with Gasteiger partial charge in [0.05, 0.1) is 10.2 Å². The monoisotopic (exact) mass is 338 g/mol. The maximum Gasteiger partial charge on any atom is 0.275 e. The first kappa shape index (κ1) is 17.4. The lowest BCUT2D eigenvalue weighted by Crippen LogP contribution is -2.33. The molecule has 0 bridgehead atoms. The Kier molecular flexibility index (Phi) is 7.51. The van der Waals surface area contributed by atoms with E-state index in [4.69, 9.17) is 0 Å². The Morgan fingerprint density at radius 3 is 2.61 bits per heavy atom. The molecule has 1 aromatic heterocycles. The highest BCUT2D eigenvalue weighted by atomic mass is 79.9. The number of aromatic nitrogens is 2. The molecule has 0 atom stereocenters. The molecular weight excluding hydrogens is 320 g/mol. The second-order valence-electron chi connectivity index (χ2n) is 4.28. The van der Waals surface area contributed by atoms with Gasteiger partial charge in [-0.05, 0) is 28.9 Å². The Labute approximate surface area is 122 Å². The summed E-state index contributed by atoms with van der Waals surface area (Å²) in [4.78, 5) is 13.7. The third kappa shape index (κ3) is 3.96. The molecule has 0 aliphatic rings.